The van der Waals surface area contributed by atoms with Gasteiger partial charge in [0.1, 0.15) is 22.9 Å². The van der Waals surface area contributed by atoms with E-state index in [4.69, 9.17) is 4.74 Å². The van der Waals surface area contributed by atoms with Crippen molar-refractivity contribution in [3.05, 3.63) is 87.3 Å². The normalized spacial score (nSPS) is 15.4. The average Bonchev–Trinajstić information content (AvgIpc) is 3.20. The Kier molecular flexibility index (Phi) is 6.22. The quantitative estimate of drug-likeness (QED) is 0.330. The fraction of sp³-hybridized carbons (Fsp3) is 0.231. The lowest BCUT2D eigenvalue weighted by Gasteiger charge is -2.17. The molecule has 1 N–H and O–H groups in total. The van der Waals surface area contributed by atoms with Crippen LogP contribution in [-0.2, 0) is 24.2 Å². The fourth-order valence-electron chi connectivity index (χ4n) is 4.13. The number of aromatic nitrogens is 2. The smallest absolute Gasteiger partial charge is 0.262 e. The van der Waals surface area contributed by atoms with Crippen molar-refractivity contribution in [2.45, 2.75) is 32.7 Å². The molecule has 5 rings (SSSR count). The Morgan fingerprint density at radius 1 is 1.24 bits per heavy atom. The summed E-state index contributed by atoms with van der Waals surface area (Å²) >= 11 is 1.60. The highest BCUT2D eigenvalue weighted by Crippen LogP contribution is 2.35. The summed E-state index contributed by atoms with van der Waals surface area (Å²) in [5, 5.41) is 4.70. The van der Waals surface area contributed by atoms with Gasteiger partial charge in [0.2, 0.25) is 0 Å². The second-order valence-electron chi connectivity index (χ2n) is 8.49. The number of amides is 1. The van der Waals surface area contributed by atoms with Gasteiger partial charge < -0.3 is 4.74 Å². The van der Waals surface area contributed by atoms with Gasteiger partial charge in [0.25, 0.3) is 11.5 Å². The summed E-state index contributed by atoms with van der Waals surface area (Å²) in [6.07, 6.45) is 5.93. The minimum atomic E-state index is -0.395. The molecule has 0 fully saturated rings. The zero-order valence-electron chi connectivity index (χ0n) is 18.7. The van der Waals surface area contributed by atoms with Crippen molar-refractivity contribution >= 4 is 33.7 Å². The van der Waals surface area contributed by atoms with Crippen LogP contribution in [0.5, 0.6) is 11.5 Å². The molecule has 0 saturated heterocycles. The highest BCUT2D eigenvalue weighted by atomic mass is 32.1. The molecular weight excluding hydrogens is 448 g/mol. The first-order valence-electron chi connectivity index (χ1n) is 11.2. The molecule has 0 unspecified atom stereocenters. The van der Waals surface area contributed by atoms with Crippen LogP contribution in [0.2, 0.25) is 0 Å². The lowest BCUT2D eigenvalue weighted by molar-refractivity contribution is -0.121. The molecule has 4 aromatic rings. The number of hydrogen-bond acceptors (Lipinski definition) is 6. The van der Waals surface area contributed by atoms with Gasteiger partial charge in [0.15, 0.2) is 0 Å². The van der Waals surface area contributed by atoms with Crippen molar-refractivity contribution in [1.82, 2.24) is 15.0 Å². The molecule has 2 aromatic carbocycles. The highest BCUT2D eigenvalue weighted by Gasteiger charge is 2.23. The minimum Gasteiger partial charge on any atom is -0.457 e. The van der Waals surface area contributed by atoms with E-state index in [0.717, 1.165) is 41.0 Å². The number of thiophene rings is 1. The Bertz CT molecular complexity index is 1430. The maximum absolute atomic E-state index is 13.1. The predicted molar refractivity (Wildman–Crippen MR) is 134 cm³/mol. The number of carbonyl (C=O) groups is 1. The number of carbonyl (C=O) groups excluding carboxylic acids is 1. The maximum atomic E-state index is 13.1. The second kappa shape index (κ2) is 9.61. The summed E-state index contributed by atoms with van der Waals surface area (Å²) in [6, 6.07) is 16.9. The van der Waals surface area contributed by atoms with Crippen LogP contribution in [0.25, 0.3) is 10.2 Å². The van der Waals surface area contributed by atoms with Gasteiger partial charge in [0, 0.05) is 4.88 Å². The second-order valence-corrected chi connectivity index (χ2v) is 9.57. The summed E-state index contributed by atoms with van der Waals surface area (Å²) in [4.78, 5) is 32.0. The molecule has 1 aliphatic carbocycles. The predicted octanol–water partition coefficient (Wildman–Crippen LogP) is 4.53. The SMILES string of the molecule is C[C@H]1CCc2c(sc3ncn(CC(=O)N/N=C\c4cccc(Oc5ccccc5)c4)c(=O)c23)C1. The van der Waals surface area contributed by atoms with Gasteiger partial charge in [-0.3, -0.25) is 14.2 Å². The van der Waals surface area contributed by atoms with Gasteiger partial charge in [0.05, 0.1) is 17.9 Å². The van der Waals surface area contributed by atoms with Crippen LogP contribution < -0.4 is 15.7 Å². The van der Waals surface area contributed by atoms with Crippen LogP contribution in [0.3, 0.4) is 0 Å². The van der Waals surface area contributed by atoms with Crippen molar-refractivity contribution in [2.75, 3.05) is 0 Å². The number of hydrogen-bond donors (Lipinski definition) is 1. The van der Waals surface area contributed by atoms with E-state index >= 15 is 0 Å². The Labute approximate surface area is 200 Å². The van der Waals surface area contributed by atoms with Crippen LogP contribution in [0.4, 0.5) is 0 Å². The first-order valence-corrected chi connectivity index (χ1v) is 12.0. The van der Waals surface area contributed by atoms with Crippen molar-refractivity contribution in [2.24, 2.45) is 11.0 Å². The molecule has 2 heterocycles. The average molecular weight is 473 g/mol. The van der Waals surface area contributed by atoms with Crippen molar-refractivity contribution < 1.29 is 9.53 Å². The molecule has 172 valence electrons. The topological polar surface area (TPSA) is 85.6 Å². The molecule has 34 heavy (non-hydrogen) atoms. The molecule has 0 radical (unpaired) electrons. The third-order valence-electron chi connectivity index (χ3n) is 5.84. The Balaban J connectivity index is 1.25. The van der Waals surface area contributed by atoms with Crippen LogP contribution >= 0.6 is 11.3 Å². The van der Waals surface area contributed by atoms with E-state index in [2.05, 4.69) is 22.4 Å². The van der Waals surface area contributed by atoms with Crippen molar-refractivity contribution in [1.29, 1.82) is 0 Å². The Hall–Kier alpha value is -3.78. The molecule has 1 atom stereocenters. The molecule has 0 spiro atoms. The molecule has 2 aromatic heterocycles. The lowest BCUT2D eigenvalue weighted by atomic mass is 9.89. The van der Waals surface area contributed by atoms with E-state index in [0.29, 0.717) is 17.1 Å². The highest BCUT2D eigenvalue weighted by molar-refractivity contribution is 7.18. The summed E-state index contributed by atoms with van der Waals surface area (Å²) in [5.74, 6) is 1.63. The van der Waals surface area contributed by atoms with Gasteiger partial charge in [-0.25, -0.2) is 10.4 Å². The van der Waals surface area contributed by atoms with Gasteiger partial charge >= 0.3 is 0 Å². The number of fused-ring (bicyclic) bond motifs is 3. The lowest BCUT2D eigenvalue weighted by Crippen LogP contribution is -2.30. The summed E-state index contributed by atoms with van der Waals surface area (Å²) < 4.78 is 7.17. The molecule has 1 aliphatic rings. The molecule has 1 amide bonds. The number of hydrazone groups is 1. The summed E-state index contributed by atoms with van der Waals surface area (Å²) in [5.41, 5.74) is 4.21. The minimum absolute atomic E-state index is 0.142. The first-order chi connectivity index (χ1) is 16.6. The van der Waals surface area contributed by atoms with E-state index in [1.54, 1.807) is 11.3 Å². The van der Waals surface area contributed by atoms with Crippen molar-refractivity contribution in [3.63, 3.8) is 0 Å². The first kappa shape index (κ1) is 22.0. The Morgan fingerprint density at radius 3 is 2.91 bits per heavy atom. The van der Waals surface area contributed by atoms with E-state index in [1.807, 2.05) is 54.6 Å². The largest absolute Gasteiger partial charge is 0.457 e. The molecule has 8 heteroatoms. The standard InChI is InChI=1S/C26H24N4O3S/c1-17-10-11-21-22(12-17)34-25-24(21)26(32)30(16-27-25)15-23(31)29-28-14-18-6-5-9-20(13-18)33-19-7-3-2-4-8-19/h2-9,13-14,16-17H,10-12,15H2,1H3,(H,29,31)/b28-14-/t17-/m0/s1. The zero-order chi connectivity index (χ0) is 23.5. The number of ether oxygens (including phenoxy) is 1. The molecular formula is C26H24N4O3S. The van der Waals surface area contributed by atoms with E-state index in [1.165, 1.54) is 22.0 Å². The number of rotatable bonds is 6. The molecule has 0 aliphatic heterocycles. The van der Waals surface area contributed by atoms with Crippen LogP contribution in [-0.4, -0.2) is 21.7 Å². The number of nitrogens with one attached hydrogen (secondary N) is 1. The van der Waals surface area contributed by atoms with Gasteiger partial charge in [-0.1, -0.05) is 37.3 Å². The maximum Gasteiger partial charge on any atom is 0.262 e. The summed E-state index contributed by atoms with van der Waals surface area (Å²) in [7, 11) is 0. The molecule has 0 saturated carbocycles. The third-order valence-corrected chi connectivity index (χ3v) is 7.00. The van der Waals surface area contributed by atoms with E-state index in [9.17, 15) is 9.59 Å². The van der Waals surface area contributed by atoms with Gasteiger partial charge in [-0.05, 0) is 60.6 Å². The number of benzene rings is 2. The van der Waals surface area contributed by atoms with Gasteiger partial charge in [-0.15, -0.1) is 11.3 Å². The van der Waals surface area contributed by atoms with Crippen molar-refractivity contribution in [3.8, 4) is 11.5 Å². The van der Waals surface area contributed by atoms with Gasteiger partial charge in [-0.2, -0.15) is 5.10 Å². The van der Waals surface area contributed by atoms with E-state index < -0.39 is 5.91 Å². The number of para-hydroxylation sites is 1. The summed E-state index contributed by atoms with van der Waals surface area (Å²) in [6.45, 7) is 2.09. The Morgan fingerprint density at radius 2 is 2.06 bits per heavy atom. The fourth-order valence-corrected chi connectivity index (χ4v) is 5.47. The van der Waals surface area contributed by atoms with E-state index in [-0.39, 0.29) is 12.1 Å². The third kappa shape index (κ3) is 4.77. The van der Waals surface area contributed by atoms with Crippen LogP contribution in [0.15, 0.2) is 70.8 Å². The number of aryl methyl sites for hydroxylation is 1. The van der Waals surface area contributed by atoms with Crippen LogP contribution in [0.1, 0.15) is 29.3 Å². The monoisotopic (exact) mass is 472 g/mol. The molecule has 7 nitrogen and oxygen atoms in total. The van der Waals surface area contributed by atoms with Crippen LogP contribution in [0, 0.1) is 5.92 Å². The molecule has 0 bridgehead atoms. The zero-order valence-corrected chi connectivity index (χ0v) is 19.5. The number of nitrogens with zero attached hydrogens (tertiary/aromatic N) is 3.